The van der Waals surface area contributed by atoms with E-state index in [1.807, 2.05) is 18.2 Å². The van der Waals surface area contributed by atoms with Gasteiger partial charge in [-0.05, 0) is 37.2 Å². The molecule has 32 heavy (non-hydrogen) atoms. The van der Waals surface area contributed by atoms with Crippen LogP contribution in [0.15, 0.2) is 39.9 Å². The Morgan fingerprint density at radius 3 is 2.53 bits per heavy atom. The summed E-state index contributed by atoms with van der Waals surface area (Å²) in [7, 11) is 1.74. The number of hydrogen-bond acceptors (Lipinski definition) is 4. The predicted molar refractivity (Wildman–Crippen MR) is 127 cm³/mol. The van der Waals surface area contributed by atoms with Gasteiger partial charge in [-0.3, -0.25) is 13.9 Å². The molecule has 0 radical (unpaired) electrons. The van der Waals surface area contributed by atoms with Gasteiger partial charge in [0.15, 0.2) is 11.2 Å². The Balaban J connectivity index is 1.53. The second-order valence-electron chi connectivity index (χ2n) is 9.63. The van der Waals surface area contributed by atoms with Crippen LogP contribution in [0.2, 0.25) is 0 Å². The fraction of sp³-hybridized carbons (Fsp3) is 0.560. The third kappa shape index (κ3) is 3.67. The van der Waals surface area contributed by atoms with Gasteiger partial charge in [0.25, 0.3) is 5.56 Å². The van der Waals surface area contributed by atoms with E-state index in [4.69, 9.17) is 4.98 Å². The molecule has 0 spiro atoms. The Morgan fingerprint density at radius 2 is 1.78 bits per heavy atom. The van der Waals surface area contributed by atoms with Crippen LogP contribution in [-0.2, 0) is 26.6 Å². The van der Waals surface area contributed by atoms with Crippen LogP contribution in [-0.4, -0.2) is 31.3 Å². The van der Waals surface area contributed by atoms with E-state index in [0.717, 1.165) is 31.9 Å². The number of imidazole rings is 1. The molecule has 7 heteroatoms. The molecule has 1 aliphatic heterocycles. The molecule has 3 aromatic rings. The number of anilines is 1. The van der Waals surface area contributed by atoms with Crippen molar-refractivity contribution in [1.82, 2.24) is 18.7 Å². The van der Waals surface area contributed by atoms with E-state index in [1.165, 1.54) is 42.2 Å². The highest BCUT2D eigenvalue weighted by Crippen LogP contribution is 2.32. The molecule has 1 aliphatic carbocycles. The van der Waals surface area contributed by atoms with E-state index in [2.05, 4.69) is 28.5 Å². The first-order chi connectivity index (χ1) is 15.5. The molecule has 1 fully saturated rings. The van der Waals surface area contributed by atoms with Crippen molar-refractivity contribution in [2.45, 2.75) is 71.0 Å². The fourth-order valence-corrected chi connectivity index (χ4v) is 5.53. The van der Waals surface area contributed by atoms with Gasteiger partial charge in [0, 0.05) is 32.7 Å². The minimum Gasteiger partial charge on any atom is -0.339 e. The second kappa shape index (κ2) is 8.60. The van der Waals surface area contributed by atoms with Crippen LogP contribution in [0.5, 0.6) is 0 Å². The maximum Gasteiger partial charge on any atom is 0.332 e. The summed E-state index contributed by atoms with van der Waals surface area (Å²) in [5.41, 5.74) is 1.84. The van der Waals surface area contributed by atoms with Crippen molar-refractivity contribution in [3.05, 3.63) is 56.7 Å². The zero-order valence-corrected chi connectivity index (χ0v) is 19.2. The standard InChI is InChI=1S/C25H33N5O2/c1-18-16-29(20-13-7-4-8-14-20)24-26-22-21(30(24)17-18)23(31)28(25(32)27(22)2)15-9-12-19-10-5-3-6-11-19/h3,5-6,10-11,18,20H,4,7-9,12-17H2,1-2H3/t18-/m0/s1. The lowest BCUT2D eigenvalue weighted by Gasteiger charge is -2.40. The van der Waals surface area contributed by atoms with Crippen molar-refractivity contribution in [3.63, 3.8) is 0 Å². The van der Waals surface area contributed by atoms with Crippen LogP contribution in [0.4, 0.5) is 5.95 Å². The van der Waals surface area contributed by atoms with E-state index in [0.29, 0.717) is 29.7 Å². The van der Waals surface area contributed by atoms with Crippen molar-refractivity contribution >= 4 is 17.1 Å². The highest BCUT2D eigenvalue weighted by molar-refractivity contribution is 5.75. The minimum atomic E-state index is -0.275. The zero-order valence-electron chi connectivity index (χ0n) is 19.2. The molecule has 0 unspecified atom stereocenters. The van der Waals surface area contributed by atoms with Crippen LogP contribution in [0.1, 0.15) is 51.0 Å². The van der Waals surface area contributed by atoms with Crippen molar-refractivity contribution < 1.29 is 0 Å². The van der Waals surface area contributed by atoms with Crippen LogP contribution < -0.4 is 16.1 Å². The largest absolute Gasteiger partial charge is 0.339 e. The Kier molecular flexibility index (Phi) is 5.66. The van der Waals surface area contributed by atoms with Gasteiger partial charge in [-0.15, -0.1) is 0 Å². The molecule has 2 aromatic heterocycles. The van der Waals surface area contributed by atoms with E-state index in [1.54, 1.807) is 11.6 Å². The van der Waals surface area contributed by atoms with Crippen molar-refractivity contribution in [3.8, 4) is 0 Å². The summed E-state index contributed by atoms with van der Waals surface area (Å²) in [6, 6.07) is 10.7. The van der Waals surface area contributed by atoms with Gasteiger partial charge in [0.1, 0.15) is 0 Å². The maximum absolute atomic E-state index is 13.5. The molecule has 1 aromatic carbocycles. The first-order valence-corrected chi connectivity index (χ1v) is 12.0. The SMILES string of the molecule is C[C@H]1CN(C2CCCCC2)c2nc3c(c(=O)n(CCCc4ccccc4)c(=O)n3C)n2C1. The van der Waals surface area contributed by atoms with Crippen LogP contribution in [0.25, 0.3) is 11.2 Å². The van der Waals surface area contributed by atoms with Crippen LogP contribution >= 0.6 is 0 Å². The van der Waals surface area contributed by atoms with Crippen molar-refractivity contribution in [1.29, 1.82) is 0 Å². The molecule has 1 atom stereocenters. The number of aryl methyl sites for hydroxylation is 2. The first kappa shape index (κ1) is 21.0. The van der Waals surface area contributed by atoms with Gasteiger partial charge in [-0.25, -0.2) is 4.79 Å². The zero-order chi connectivity index (χ0) is 22.2. The van der Waals surface area contributed by atoms with Crippen LogP contribution in [0, 0.1) is 5.92 Å². The van der Waals surface area contributed by atoms with E-state index in [-0.39, 0.29) is 11.2 Å². The van der Waals surface area contributed by atoms with Crippen molar-refractivity contribution in [2.24, 2.45) is 13.0 Å². The van der Waals surface area contributed by atoms with Gasteiger partial charge in [0.2, 0.25) is 5.95 Å². The lowest BCUT2D eigenvalue weighted by atomic mass is 9.93. The molecule has 0 N–H and O–H groups in total. The molecule has 2 aliphatic rings. The molecular formula is C25H33N5O2. The molecular weight excluding hydrogens is 402 g/mol. The molecule has 1 saturated carbocycles. The lowest BCUT2D eigenvalue weighted by Crippen LogP contribution is -2.45. The number of fused-ring (bicyclic) bond motifs is 3. The number of benzene rings is 1. The van der Waals surface area contributed by atoms with E-state index in [9.17, 15) is 9.59 Å². The van der Waals surface area contributed by atoms with Gasteiger partial charge < -0.3 is 9.47 Å². The quantitative estimate of drug-likeness (QED) is 0.617. The third-order valence-corrected chi connectivity index (χ3v) is 7.18. The summed E-state index contributed by atoms with van der Waals surface area (Å²) in [4.78, 5) is 33.9. The summed E-state index contributed by atoms with van der Waals surface area (Å²) in [5, 5.41) is 0. The van der Waals surface area contributed by atoms with Crippen molar-refractivity contribution in [2.75, 3.05) is 11.4 Å². The molecule has 170 valence electrons. The van der Waals surface area contributed by atoms with Crippen LogP contribution in [0.3, 0.4) is 0 Å². The van der Waals surface area contributed by atoms with Gasteiger partial charge >= 0.3 is 5.69 Å². The average Bonchev–Trinajstić information content (AvgIpc) is 3.20. The minimum absolute atomic E-state index is 0.201. The van der Waals surface area contributed by atoms with Gasteiger partial charge in [-0.2, -0.15) is 4.98 Å². The Hall–Kier alpha value is -2.83. The second-order valence-corrected chi connectivity index (χ2v) is 9.63. The number of hydrogen-bond donors (Lipinski definition) is 0. The topological polar surface area (TPSA) is 65.1 Å². The fourth-order valence-electron chi connectivity index (χ4n) is 5.53. The first-order valence-electron chi connectivity index (χ1n) is 12.0. The molecule has 7 nitrogen and oxygen atoms in total. The number of rotatable bonds is 5. The summed E-state index contributed by atoms with van der Waals surface area (Å²) >= 11 is 0. The Morgan fingerprint density at radius 1 is 1.03 bits per heavy atom. The Bertz CT molecular complexity index is 1220. The summed E-state index contributed by atoms with van der Waals surface area (Å²) in [6.45, 7) is 4.39. The smallest absolute Gasteiger partial charge is 0.332 e. The molecule has 5 rings (SSSR count). The molecule has 3 heterocycles. The average molecular weight is 436 g/mol. The Labute approximate surface area is 188 Å². The highest BCUT2D eigenvalue weighted by atomic mass is 16.2. The summed E-state index contributed by atoms with van der Waals surface area (Å²) in [5.74, 6) is 1.31. The number of aromatic nitrogens is 4. The molecule has 0 bridgehead atoms. The van der Waals surface area contributed by atoms with E-state index < -0.39 is 0 Å². The lowest BCUT2D eigenvalue weighted by molar-refractivity contribution is 0.354. The number of nitrogens with zero attached hydrogens (tertiary/aromatic N) is 5. The molecule has 0 saturated heterocycles. The summed E-state index contributed by atoms with van der Waals surface area (Å²) in [6.07, 6.45) is 7.75. The third-order valence-electron chi connectivity index (χ3n) is 7.18. The maximum atomic E-state index is 13.5. The van der Waals surface area contributed by atoms with Gasteiger partial charge in [-0.1, -0.05) is 56.5 Å². The highest BCUT2D eigenvalue weighted by Gasteiger charge is 2.33. The normalized spacial score (nSPS) is 19.4. The predicted octanol–water partition coefficient (Wildman–Crippen LogP) is 3.32. The molecule has 0 amide bonds. The van der Waals surface area contributed by atoms with E-state index >= 15 is 0 Å². The van der Waals surface area contributed by atoms with Gasteiger partial charge in [0.05, 0.1) is 0 Å². The summed E-state index contributed by atoms with van der Waals surface area (Å²) < 4.78 is 5.06. The monoisotopic (exact) mass is 435 g/mol.